The van der Waals surface area contributed by atoms with Crippen molar-refractivity contribution in [1.82, 2.24) is 9.62 Å². The Morgan fingerprint density at radius 3 is 2.68 bits per heavy atom. The van der Waals surface area contributed by atoms with Gasteiger partial charge in [0.25, 0.3) is 0 Å². The standard InChI is InChI=1S/C12H16N2O4S/c1-18-12(15)11-9-14(8-7-13-11)19(16,17)10-5-3-2-4-6-10/h2-6,11,13H,7-9H2,1H3/t11-/m1/s1. The minimum absolute atomic E-state index is 0.0872. The fraction of sp³-hybridized carbons (Fsp3) is 0.417. The van der Waals surface area contributed by atoms with E-state index in [2.05, 4.69) is 10.1 Å². The summed E-state index contributed by atoms with van der Waals surface area (Å²) in [6, 6.07) is 7.58. The van der Waals surface area contributed by atoms with Gasteiger partial charge in [-0.3, -0.25) is 4.79 Å². The average molecular weight is 284 g/mol. The Labute approximate surface area is 112 Å². The van der Waals surface area contributed by atoms with Crippen LogP contribution in [0.2, 0.25) is 0 Å². The molecular formula is C12H16N2O4S. The van der Waals surface area contributed by atoms with Gasteiger partial charge in [-0.2, -0.15) is 4.31 Å². The first-order valence-electron chi connectivity index (χ1n) is 5.92. The third-order valence-electron chi connectivity index (χ3n) is 3.00. The number of hydrogen-bond acceptors (Lipinski definition) is 5. The number of ether oxygens (including phenoxy) is 1. The number of hydrogen-bond donors (Lipinski definition) is 1. The third kappa shape index (κ3) is 2.94. The zero-order valence-corrected chi connectivity index (χ0v) is 11.4. The van der Waals surface area contributed by atoms with E-state index in [0.717, 1.165) is 0 Å². The van der Waals surface area contributed by atoms with Crippen LogP contribution in [0, 0.1) is 0 Å². The van der Waals surface area contributed by atoms with Crippen LogP contribution in [-0.4, -0.2) is 51.5 Å². The molecule has 1 aliphatic heterocycles. The molecule has 1 N–H and O–H groups in total. The molecule has 7 heteroatoms. The highest BCUT2D eigenvalue weighted by Gasteiger charge is 2.33. The van der Waals surface area contributed by atoms with Gasteiger partial charge >= 0.3 is 5.97 Å². The minimum Gasteiger partial charge on any atom is -0.468 e. The molecule has 104 valence electrons. The number of rotatable bonds is 3. The molecule has 1 fully saturated rings. The number of piperazine rings is 1. The van der Waals surface area contributed by atoms with Gasteiger partial charge in [-0.25, -0.2) is 8.42 Å². The van der Waals surface area contributed by atoms with Gasteiger partial charge in [0.15, 0.2) is 0 Å². The van der Waals surface area contributed by atoms with E-state index < -0.39 is 22.0 Å². The quantitative estimate of drug-likeness (QED) is 0.779. The third-order valence-corrected chi connectivity index (χ3v) is 4.88. The molecule has 6 nitrogen and oxygen atoms in total. The molecule has 0 bridgehead atoms. The van der Waals surface area contributed by atoms with Gasteiger partial charge in [0.2, 0.25) is 10.0 Å². The van der Waals surface area contributed by atoms with Gasteiger partial charge in [0.1, 0.15) is 6.04 Å². The summed E-state index contributed by atoms with van der Waals surface area (Å²) in [5.41, 5.74) is 0. The van der Waals surface area contributed by atoms with E-state index in [9.17, 15) is 13.2 Å². The maximum absolute atomic E-state index is 12.4. The predicted octanol–water partition coefficient (Wildman–Crippen LogP) is -0.178. The van der Waals surface area contributed by atoms with Crippen LogP contribution in [0.3, 0.4) is 0 Å². The molecule has 1 aliphatic rings. The predicted molar refractivity (Wildman–Crippen MR) is 69.0 cm³/mol. The lowest BCUT2D eigenvalue weighted by molar-refractivity contribution is -0.143. The normalized spacial score (nSPS) is 21.0. The second-order valence-corrected chi connectivity index (χ2v) is 6.14. The van der Waals surface area contributed by atoms with Crippen molar-refractivity contribution >= 4 is 16.0 Å². The Kier molecular flexibility index (Phi) is 4.18. The Balaban J connectivity index is 2.20. The van der Waals surface area contributed by atoms with Crippen molar-refractivity contribution in [1.29, 1.82) is 0 Å². The van der Waals surface area contributed by atoms with Gasteiger partial charge in [0, 0.05) is 19.6 Å². The largest absolute Gasteiger partial charge is 0.468 e. The average Bonchev–Trinajstić information content (AvgIpc) is 2.47. The Bertz CT molecular complexity index is 544. The van der Waals surface area contributed by atoms with Crippen LogP contribution >= 0.6 is 0 Å². The molecule has 1 saturated heterocycles. The summed E-state index contributed by atoms with van der Waals surface area (Å²) in [6.45, 7) is 0.848. The maximum Gasteiger partial charge on any atom is 0.324 e. The molecule has 0 amide bonds. The molecule has 1 heterocycles. The molecule has 0 saturated carbocycles. The molecule has 0 aliphatic carbocycles. The van der Waals surface area contributed by atoms with Crippen molar-refractivity contribution < 1.29 is 17.9 Å². The molecule has 2 rings (SSSR count). The Morgan fingerprint density at radius 2 is 2.05 bits per heavy atom. The van der Waals surface area contributed by atoms with Crippen LogP contribution in [0.15, 0.2) is 35.2 Å². The molecule has 1 aromatic rings. The van der Waals surface area contributed by atoms with Crippen LogP contribution in [0.4, 0.5) is 0 Å². The maximum atomic E-state index is 12.4. The number of benzene rings is 1. The van der Waals surface area contributed by atoms with Gasteiger partial charge < -0.3 is 10.1 Å². The van der Waals surface area contributed by atoms with E-state index in [4.69, 9.17) is 0 Å². The Morgan fingerprint density at radius 1 is 1.37 bits per heavy atom. The summed E-state index contributed by atoms with van der Waals surface area (Å²) >= 11 is 0. The lowest BCUT2D eigenvalue weighted by Crippen LogP contribution is -2.55. The highest BCUT2D eigenvalue weighted by atomic mass is 32.2. The van der Waals surface area contributed by atoms with Gasteiger partial charge in [-0.15, -0.1) is 0 Å². The lowest BCUT2D eigenvalue weighted by atomic mass is 10.2. The second-order valence-electron chi connectivity index (χ2n) is 4.21. The number of nitrogens with one attached hydrogen (secondary N) is 1. The molecule has 1 aromatic carbocycles. The summed E-state index contributed by atoms with van der Waals surface area (Å²) in [7, 11) is -2.26. The van der Waals surface area contributed by atoms with Crippen molar-refractivity contribution in [3.63, 3.8) is 0 Å². The Hall–Kier alpha value is -1.44. The molecule has 0 spiro atoms. The summed E-state index contributed by atoms with van der Waals surface area (Å²) in [6.07, 6.45) is 0. The van der Waals surface area contributed by atoms with Crippen molar-refractivity contribution in [3.05, 3.63) is 30.3 Å². The fourth-order valence-electron chi connectivity index (χ4n) is 1.98. The lowest BCUT2D eigenvalue weighted by Gasteiger charge is -2.31. The highest BCUT2D eigenvalue weighted by molar-refractivity contribution is 7.89. The summed E-state index contributed by atoms with van der Waals surface area (Å²) in [5.74, 6) is -0.451. The van der Waals surface area contributed by atoms with Crippen LogP contribution < -0.4 is 5.32 Å². The van der Waals surface area contributed by atoms with E-state index >= 15 is 0 Å². The molecule has 19 heavy (non-hydrogen) atoms. The van der Waals surface area contributed by atoms with Crippen molar-refractivity contribution in [3.8, 4) is 0 Å². The highest BCUT2D eigenvalue weighted by Crippen LogP contribution is 2.16. The van der Waals surface area contributed by atoms with E-state index in [1.807, 2.05) is 0 Å². The summed E-state index contributed by atoms with van der Waals surface area (Å²) in [5, 5.41) is 2.94. The van der Waals surface area contributed by atoms with E-state index in [1.165, 1.54) is 11.4 Å². The summed E-state index contributed by atoms with van der Waals surface area (Å²) < 4.78 is 30.7. The number of methoxy groups -OCH3 is 1. The zero-order chi connectivity index (χ0) is 13.9. The number of carbonyl (C=O) groups is 1. The zero-order valence-electron chi connectivity index (χ0n) is 10.6. The minimum atomic E-state index is -3.55. The van der Waals surface area contributed by atoms with E-state index in [0.29, 0.717) is 13.1 Å². The van der Waals surface area contributed by atoms with Crippen molar-refractivity contribution in [2.45, 2.75) is 10.9 Å². The molecular weight excluding hydrogens is 268 g/mol. The summed E-state index contributed by atoms with van der Waals surface area (Å²) in [4.78, 5) is 11.7. The van der Waals surface area contributed by atoms with Crippen molar-refractivity contribution in [2.75, 3.05) is 26.7 Å². The molecule has 0 radical (unpaired) electrons. The first-order valence-corrected chi connectivity index (χ1v) is 7.36. The molecule has 0 aromatic heterocycles. The van der Waals surface area contributed by atoms with Crippen LogP contribution in [-0.2, 0) is 19.6 Å². The number of sulfonamides is 1. The first kappa shape index (κ1) is 14.0. The van der Waals surface area contributed by atoms with Crippen LogP contribution in [0.1, 0.15) is 0 Å². The van der Waals surface area contributed by atoms with Gasteiger partial charge in [-0.1, -0.05) is 18.2 Å². The van der Waals surface area contributed by atoms with Crippen molar-refractivity contribution in [2.24, 2.45) is 0 Å². The number of carbonyl (C=O) groups excluding carboxylic acids is 1. The smallest absolute Gasteiger partial charge is 0.324 e. The molecule has 0 unspecified atom stereocenters. The van der Waals surface area contributed by atoms with Gasteiger partial charge in [-0.05, 0) is 12.1 Å². The van der Waals surface area contributed by atoms with E-state index in [1.54, 1.807) is 30.3 Å². The van der Waals surface area contributed by atoms with Crippen LogP contribution in [0.5, 0.6) is 0 Å². The first-order chi connectivity index (χ1) is 9.05. The number of nitrogens with zero attached hydrogens (tertiary/aromatic N) is 1. The van der Waals surface area contributed by atoms with Crippen LogP contribution in [0.25, 0.3) is 0 Å². The molecule has 1 atom stereocenters. The second kappa shape index (κ2) is 5.68. The topological polar surface area (TPSA) is 75.7 Å². The fourth-order valence-corrected chi connectivity index (χ4v) is 3.46. The van der Waals surface area contributed by atoms with E-state index in [-0.39, 0.29) is 11.4 Å². The monoisotopic (exact) mass is 284 g/mol. The SMILES string of the molecule is COC(=O)[C@H]1CN(S(=O)(=O)c2ccccc2)CCN1. The number of esters is 1. The van der Waals surface area contributed by atoms with Gasteiger partial charge in [0.05, 0.1) is 12.0 Å².